The van der Waals surface area contributed by atoms with Gasteiger partial charge in [0.15, 0.2) is 5.82 Å². The second-order valence-electron chi connectivity index (χ2n) is 5.18. The first-order valence-corrected chi connectivity index (χ1v) is 7.03. The van der Waals surface area contributed by atoms with E-state index in [9.17, 15) is 0 Å². The molecule has 2 fully saturated rings. The van der Waals surface area contributed by atoms with Crippen molar-refractivity contribution >= 4 is 23.1 Å². The Bertz CT molecular complexity index is 431. The van der Waals surface area contributed by atoms with Crippen LogP contribution in [0.5, 0.6) is 0 Å². The van der Waals surface area contributed by atoms with E-state index in [4.69, 9.17) is 17.3 Å². The molecule has 2 saturated heterocycles. The summed E-state index contributed by atoms with van der Waals surface area (Å²) in [7, 11) is 0. The molecule has 2 N–H and O–H groups in total. The zero-order valence-electron chi connectivity index (χ0n) is 10.5. The quantitative estimate of drug-likeness (QED) is 0.832. The van der Waals surface area contributed by atoms with Gasteiger partial charge in [0.25, 0.3) is 0 Å². The number of nitrogen functional groups attached to an aromatic ring is 1. The maximum absolute atomic E-state index is 5.99. The molecule has 0 aliphatic carbocycles. The van der Waals surface area contributed by atoms with E-state index in [-0.39, 0.29) is 0 Å². The number of hydrogen-bond acceptors (Lipinski definition) is 4. The molecular weight excluding hydrogens is 248 g/mol. The summed E-state index contributed by atoms with van der Waals surface area (Å²) in [6, 6.07) is 4.25. The summed E-state index contributed by atoms with van der Waals surface area (Å²) in [5.41, 5.74) is 6.72. The molecule has 0 radical (unpaired) electrons. The molecule has 1 aromatic heterocycles. The van der Waals surface area contributed by atoms with Gasteiger partial charge in [-0.05, 0) is 44.5 Å². The van der Waals surface area contributed by atoms with Crippen LogP contribution in [0.2, 0.25) is 5.15 Å². The monoisotopic (exact) mass is 266 g/mol. The standard InChI is InChI=1S/C13H19ClN4/c14-12-4-3-11(15)13(16-12)18-8-5-10(9-18)17-6-1-2-7-17/h3-4,10H,1-2,5-9,15H2. The summed E-state index contributed by atoms with van der Waals surface area (Å²) < 4.78 is 0. The molecule has 1 aromatic rings. The molecule has 3 rings (SSSR count). The molecule has 0 saturated carbocycles. The maximum Gasteiger partial charge on any atom is 0.153 e. The van der Waals surface area contributed by atoms with Crippen molar-refractivity contribution in [2.45, 2.75) is 25.3 Å². The predicted molar refractivity (Wildman–Crippen MR) is 75.1 cm³/mol. The number of anilines is 2. The van der Waals surface area contributed by atoms with E-state index in [1.807, 2.05) is 6.07 Å². The third-order valence-corrected chi connectivity index (χ3v) is 4.20. The van der Waals surface area contributed by atoms with Gasteiger partial charge in [0.2, 0.25) is 0 Å². The van der Waals surface area contributed by atoms with Crippen molar-refractivity contribution in [3.63, 3.8) is 0 Å². The van der Waals surface area contributed by atoms with Crippen molar-refractivity contribution in [3.05, 3.63) is 17.3 Å². The highest BCUT2D eigenvalue weighted by Gasteiger charge is 2.30. The van der Waals surface area contributed by atoms with Crippen LogP contribution >= 0.6 is 11.6 Å². The fraction of sp³-hybridized carbons (Fsp3) is 0.615. The lowest BCUT2D eigenvalue weighted by Crippen LogP contribution is -2.35. The van der Waals surface area contributed by atoms with E-state index in [0.717, 1.165) is 24.6 Å². The summed E-state index contributed by atoms with van der Waals surface area (Å²) in [5.74, 6) is 0.851. The molecule has 0 spiro atoms. The van der Waals surface area contributed by atoms with E-state index in [2.05, 4.69) is 14.8 Å². The SMILES string of the molecule is Nc1ccc(Cl)nc1N1CCC(N2CCCC2)C1. The zero-order valence-corrected chi connectivity index (χ0v) is 11.2. The molecule has 0 aromatic carbocycles. The van der Waals surface area contributed by atoms with Gasteiger partial charge in [-0.2, -0.15) is 0 Å². The molecule has 5 heteroatoms. The lowest BCUT2D eigenvalue weighted by Gasteiger charge is -2.24. The largest absolute Gasteiger partial charge is 0.396 e. The molecule has 0 amide bonds. The van der Waals surface area contributed by atoms with Crippen LogP contribution in [-0.4, -0.2) is 42.1 Å². The molecule has 1 unspecified atom stereocenters. The molecule has 18 heavy (non-hydrogen) atoms. The van der Waals surface area contributed by atoms with Crippen LogP contribution < -0.4 is 10.6 Å². The van der Waals surface area contributed by atoms with Crippen molar-refractivity contribution in [3.8, 4) is 0 Å². The van der Waals surface area contributed by atoms with Crippen LogP contribution in [0.4, 0.5) is 11.5 Å². The number of nitrogens with zero attached hydrogens (tertiary/aromatic N) is 3. The van der Waals surface area contributed by atoms with Crippen molar-refractivity contribution in [1.82, 2.24) is 9.88 Å². The van der Waals surface area contributed by atoms with Crippen LogP contribution in [0.15, 0.2) is 12.1 Å². The highest BCUT2D eigenvalue weighted by atomic mass is 35.5. The number of halogens is 1. The third kappa shape index (κ3) is 2.27. The van der Waals surface area contributed by atoms with Gasteiger partial charge in [0, 0.05) is 19.1 Å². The average molecular weight is 267 g/mol. The number of rotatable bonds is 2. The number of aromatic nitrogens is 1. The van der Waals surface area contributed by atoms with Crippen molar-refractivity contribution < 1.29 is 0 Å². The van der Waals surface area contributed by atoms with Gasteiger partial charge in [-0.3, -0.25) is 4.90 Å². The number of likely N-dealkylation sites (tertiary alicyclic amines) is 1. The van der Waals surface area contributed by atoms with Gasteiger partial charge in [0.05, 0.1) is 5.69 Å². The second kappa shape index (κ2) is 4.94. The van der Waals surface area contributed by atoms with Crippen molar-refractivity contribution in [2.75, 3.05) is 36.8 Å². The molecule has 2 aliphatic heterocycles. The molecule has 3 heterocycles. The minimum Gasteiger partial charge on any atom is -0.396 e. The molecule has 4 nitrogen and oxygen atoms in total. The molecular formula is C13H19ClN4. The van der Waals surface area contributed by atoms with E-state index >= 15 is 0 Å². The molecule has 2 aliphatic rings. The van der Waals surface area contributed by atoms with Crippen LogP contribution in [-0.2, 0) is 0 Å². The van der Waals surface area contributed by atoms with Gasteiger partial charge in [-0.15, -0.1) is 0 Å². The summed E-state index contributed by atoms with van der Waals surface area (Å²) in [6.45, 7) is 4.55. The van der Waals surface area contributed by atoms with E-state index in [1.165, 1.54) is 32.4 Å². The lowest BCUT2D eigenvalue weighted by molar-refractivity contribution is 0.260. The highest BCUT2D eigenvalue weighted by Crippen LogP contribution is 2.28. The van der Waals surface area contributed by atoms with E-state index < -0.39 is 0 Å². The second-order valence-corrected chi connectivity index (χ2v) is 5.57. The van der Waals surface area contributed by atoms with Crippen molar-refractivity contribution in [1.29, 1.82) is 0 Å². The Labute approximate surface area is 113 Å². The first-order valence-electron chi connectivity index (χ1n) is 6.65. The molecule has 98 valence electrons. The highest BCUT2D eigenvalue weighted by molar-refractivity contribution is 6.29. The number of nitrogens with two attached hydrogens (primary N) is 1. The molecule has 0 bridgehead atoms. The Hall–Kier alpha value is -1.00. The first-order chi connectivity index (χ1) is 8.74. The summed E-state index contributed by atoms with van der Waals surface area (Å²) >= 11 is 5.95. The third-order valence-electron chi connectivity index (χ3n) is 3.99. The Morgan fingerprint density at radius 3 is 2.78 bits per heavy atom. The predicted octanol–water partition coefficient (Wildman–Crippen LogP) is 1.99. The summed E-state index contributed by atoms with van der Waals surface area (Å²) in [6.07, 6.45) is 3.88. The smallest absolute Gasteiger partial charge is 0.153 e. The van der Waals surface area contributed by atoms with Crippen molar-refractivity contribution in [2.24, 2.45) is 0 Å². The Morgan fingerprint density at radius 2 is 2.00 bits per heavy atom. The fourth-order valence-electron chi connectivity index (χ4n) is 3.03. The Balaban J connectivity index is 1.72. The number of hydrogen-bond donors (Lipinski definition) is 1. The Morgan fingerprint density at radius 1 is 1.22 bits per heavy atom. The van der Waals surface area contributed by atoms with E-state index in [0.29, 0.717) is 11.2 Å². The van der Waals surface area contributed by atoms with Crippen LogP contribution in [0, 0.1) is 0 Å². The Kier molecular flexibility index (Phi) is 3.31. The maximum atomic E-state index is 5.99. The van der Waals surface area contributed by atoms with Gasteiger partial charge >= 0.3 is 0 Å². The average Bonchev–Trinajstić information content (AvgIpc) is 3.00. The van der Waals surface area contributed by atoms with Crippen LogP contribution in [0.25, 0.3) is 0 Å². The number of pyridine rings is 1. The molecule has 1 atom stereocenters. The van der Waals surface area contributed by atoms with Crippen LogP contribution in [0.3, 0.4) is 0 Å². The fourth-order valence-corrected chi connectivity index (χ4v) is 3.17. The first kappa shape index (κ1) is 12.1. The normalized spacial score (nSPS) is 24.9. The topological polar surface area (TPSA) is 45.4 Å². The van der Waals surface area contributed by atoms with Crippen LogP contribution in [0.1, 0.15) is 19.3 Å². The minimum absolute atomic E-state index is 0.517. The van der Waals surface area contributed by atoms with Gasteiger partial charge < -0.3 is 10.6 Å². The zero-order chi connectivity index (χ0) is 12.5. The van der Waals surface area contributed by atoms with E-state index in [1.54, 1.807) is 6.07 Å². The van der Waals surface area contributed by atoms with Gasteiger partial charge in [-0.25, -0.2) is 4.98 Å². The minimum atomic E-state index is 0.517. The summed E-state index contributed by atoms with van der Waals surface area (Å²) in [4.78, 5) is 9.23. The van der Waals surface area contributed by atoms with Gasteiger partial charge in [0.1, 0.15) is 5.15 Å². The summed E-state index contributed by atoms with van der Waals surface area (Å²) in [5, 5.41) is 0.517. The van der Waals surface area contributed by atoms with Gasteiger partial charge in [-0.1, -0.05) is 11.6 Å². The lowest BCUT2D eigenvalue weighted by atomic mass is 10.2.